The molecule has 168 valence electrons. The number of hydrogen-bond acceptors (Lipinski definition) is 8. The molecule has 1 aliphatic rings. The third kappa shape index (κ3) is 4.19. The minimum Gasteiger partial charge on any atom is -0.497 e. The van der Waals surface area contributed by atoms with Crippen molar-refractivity contribution in [2.24, 2.45) is 0 Å². The fourth-order valence-corrected chi connectivity index (χ4v) is 4.08. The summed E-state index contributed by atoms with van der Waals surface area (Å²) in [6.45, 7) is 5.26. The second kappa shape index (κ2) is 8.82. The van der Waals surface area contributed by atoms with E-state index in [1.807, 2.05) is 49.4 Å². The number of pyridine rings is 1. The quantitative estimate of drug-likeness (QED) is 0.495. The number of nitrogens with two attached hydrogens (primary N) is 1. The predicted molar refractivity (Wildman–Crippen MR) is 130 cm³/mol. The molecule has 0 bridgehead atoms. The third-order valence-electron chi connectivity index (χ3n) is 5.87. The monoisotopic (exact) mass is 442 g/mol. The number of aryl methyl sites for hydroxylation is 1. The number of aromatic nitrogens is 3. The van der Waals surface area contributed by atoms with Crippen molar-refractivity contribution in [2.45, 2.75) is 6.92 Å². The molecule has 1 aliphatic heterocycles. The Morgan fingerprint density at radius 3 is 2.39 bits per heavy atom. The van der Waals surface area contributed by atoms with Crippen molar-refractivity contribution in [1.82, 2.24) is 15.0 Å². The number of nitrogens with zero attached hydrogens (tertiary/aromatic N) is 5. The normalized spacial score (nSPS) is 13.9. The van der Waals surface area contributed by atoms with Gasteiger partial charge in [-0.1, -0.05) is 18.2 Å². The molecule has 0 radical (unpaired) electrons. The summed E-state index contributed by atoms with van der Waals surface area (Å²) in [5.74, 6) is 2.51. The number of rotatable bonds is 5. The summed E-state index contributed by atoms with van der Waals surface area (Å²) in [6.07, 6.45) is 1.50. The van der Waals surface area contributed by atoms with Crippen LogP contribution in [0.4, 0.5) is 17.2 Å². The van der Waals surface area contributed by atoms with E-state index >= 15 is 0 Å². The van der Waals surface area contributed by atoms with Crippen molar-refractivity contribution < 1.29 is 9.47 Å². The van der Waals surface area contributed by atoms with Crippen LogP contribution in [-0.4, -0.2) is 48.2 Å². The summed E-state index contributed by atoms with van der Waals surface area (Å²) in [5.41, 5.74) is 9.78. The molecule has 2 aromatic carbocycles. The zero-order valence-electron chi connectivity index (χ0n) is 18.7. The van der Waals surface area contributed by atoms with Gasteiger partial charge in [0.05, 0.1) is 7.11 Å². The van der Waals surface area contributed by atoms with Gasteiger partial charge in [0.1, 0.15) is 23.3 Å². The number of nitrogen functional groups attached to an aromatic ring is 1. The highest BCUT2D eigenvalue weighted by Gasteiger charge is 2.22. The molecule has 5 rings (SSSR count). The molecular weight excluding hydrogens is 416 g/mol. The zero-order chi connectivity index (χ0) is 22.8. The van der Waals surface area contributed by atoms with E-state index in [9.17, 15) is 0 Å². The van der Waals surface area contributed by atoms with Crippen LogP contribution in [0.15, 0.2) is 60.9 Å². The van der Waals surface area contributed by atoms with Crippen LogP contribution in [0.2, 0.25) is 0 Å². The summed E-state index contributed by atoms with van der Waals surface area (Å²) in [5, 5.41) is 1.00. The number of hydrogen-bond donors (Lipinski definition) is 1. The Hall–Kier alpha value is -4.07. The molecule has 0 unspecified atom stereocenters. The van der Waals surface area contributed by atoms with Gasteiger partial charge in [-0.15, -0.1) is 0 Å². The molecule has 0 atom stereocenters. The first kappa shape index (κ1) is 20.8. The van der Waals surface area contributed by atoms with Crippen LogP contribution < -0.4 is 25.0 Å². The molecule has 8 nitrogen and oxygen atoms in total. The van der Waals surface area contributed by atoms with Crippen LogP contribution >= 0.6 is 0 Å². The van der Waals surface area contributed by atoms with Crippen LogP contribution in [0.1, 0.15) is 5.69 Å². The van der Waals surface area contributed by atoms with Gasteiger partial charge in [0.15, 0.2) is 11.6 Å². The van der Waals surface area contributed by atoms with Gasteiger partial charge in [-0.3, -0.25) is 0 Å². The lowest BCUT2D eigenvalue weighted by atomic mass is 10.2. The molecule has 0 spiro atoms. The summed E-state index contributed by atoms with van der Waals surface area (Å²) >= 11 is 0. The van der Waals surface area contributed by atoms with Crippen LogP contribution in [0, 0.1) is 6.92 Å². The molecule has 0 amide bonds. The van der Waals surface area contributed by atoms with E-state index in [2.05, 4.69) is 36.9 Å². The molecule has 0 aliphatic carbocycles. The number of benzene rings is 2. The summed E-state index contributed by atoms with van der Waals surface area (Å²) in [6, 6.07) is 18.0. The van der Waals surface area contributed by atoms with E-state index in [4.69, 9.17) is 15.2 Å². The average molecular weight is 443 g/mol. The maximum absolute atomic E-state index is 6.47. The molecule has 2 N–H and O–H groups in total. The molecular formula is C25H26N6O2. The first-order chi connectivity index (χ1) is 16.1. The third-order valence-corrected chi connectivity index (χ3v) is 5.87. The van der Waals surface area contributed by atoms with E-state index in [0.29, 0.717) is 23.1 Å². The lowest BCUT2D eigenvalue weighted by Gasteiger charge is -2.37. The Labute approximate surface area is 192 Å². The summed E-state index contributed by atoms with van der Waals surface area (Å²) in [4.78, 5) is 17.9. The minimum absolute atomic E-state index is 0.341. The van der Waals surface area contributed by atoms with E-state index < -0.39 is 0 Å². The number of piperazine rings is 1. The smallest absolute Gasteiger partial charge is 0.248 e. The fourth-order valence-electron chi connectivity index (χ4n) is 4.08. The first-order valence-corrected chi connectivity index (χ1v) is 10.9. The molecule has 1 saturated heterocycles. The Morgan fingerprint density at radius 1 is 0.879 bits per heavy atom. The van der Waals surface area contributed by atoms with E-state index in [1.165, 1.54) is 12.0 Å². The standard InChI is InChI=1S/C25H26N6O2/c1-17-6-7-18-4-3-5-21(23(18)29-17)33-25-22(26)24(27-16-28-25)31-14-12-30(13-15-31)19-8-10-20(32-2)11-9-19/h3-11,16H,12-15,26H2,1-2H3. The number of fused-ring (bicyclic) bond motifs is 1. The zero-order valence-corrected chi connectivity index (χ0v) is 18.7. The van der Waals surface area contributed by atoms with Crippen molar-refractivity contribution in [2.75, 3.05) is 48.8 Å². The lowest BCUT2D eigenvalue weighted by molar-refractivity contribution is 0.415. The largest absolute Gasteiger partial charge is 0.497 e. The van der Waals surface area contributed by atoms with E-state index in [0.717, 1.165) is 48.5 Å². The SMILES string of the molecule is COc1ccc(N2CCN(c3ncnc(Oc4cccc5ccc(C)nc45)c3N)CC2)cc1. The maximum Gasteiger partial charge on any atom is 0.248 e. The predicted octanol–water partition coefficient (Wildman–Crippen LogP) is 4.04. The summed E-state index contributed by atoms with van der Waals surface area (Å²) < 4.78 is 11.4. The van der Waals surface area contributed by atoms with Crippen molar-refractivity contribution in [3.8, 4) is 17.4 Å². The fraction of sp³-hybridized carbons (Fsp3) is 0.240. The lowest BCUT2D eigenvalue weighted by Crippen LogP contribution is -2.47. The molecule has 33 heavy (non-hydrogen) atoms. The van der Waals surface area contributed by atoms with Gasteiger partial charge >= 0.3 is 0 Å². The second-order valence-corrected chi connectivity index (χ2v) is 7.97. The van der Waals surface area contributed by atoms with Crippen LogP contribution in [0.3, 0.4) is 0 Å². The second-order valence-electron chi connectivity index (χ2n) is 7.97. The van der Waals surface area contributed by atoms with Crippen LogP contribution in [0.25, 0.3) is 10.9 Å². The topological polar surface area (TPSA) is 89.6 Å². The van der Waals surface area contributed by atoms with E-state index in [1.54, 1.807) is 7.11 Å². The molecule has 8 heteroatoms. The highest BCUT2D eigenvalue weighted by atomic mass is 16.5. The van der Waals surface area contributed by atoms with Gasteiger partial charge < -0.3 is 25.0 Å². The minimum atomic E-state index is 0.341. The van der Waals surface area contributed by atoms with Gasteiger partial charge in [-0.05, 0) is 43.3 Å². The molecule has 0 saturated carbocycles. The number of ether oxygens (including phenoxy) is 2. The van der Waals surface area contributed by atoms with Crippen molar-refractivity contribution in [3.63, 3.8) is 0 Å². The number of anilines is 3. The van der Waals surface area contributed by atoms with Gasteiger partial charge in [0.2, 0.25) is 5.88 Å². The molecule has 2 aromatic heterocycles. The molecule has 1 fully saturated rings. The van der Waals surface area contributed by atoms with Gasteiger partial charge in [0.25, 0.3) is 0 Å². The molecule has 3 heterocycles. The Balaban J connectivity index is 1.34. The van der Waals surface area contributed by atoms with Gasteiger partial charge in [0, 0.05) is 42.9 Å². The highest BCUT2D eigenvalue weighted by Crippen LogP contribution is 2.34. The Kier molecular flexibility index (Phi) is 5.56. The van der Waals surface area contributed by atoms with Crippen molar-refractivity contribution in [3.05, 3.63) is 66.6 Å². The maximum atomic E-state index is 6.47. The van der Waals surface area contributed by atoms with Crippen molar-refractivity contribution in [1.29, 1.82) is 0 Å². The number of methoxy groups -OCH3 is 1. The first-order valence-electron chi connectivity index (χ1n) is 10.9. The van der Waals surface area contributed by atoms with Crippen molar-refractivity contribution >= 4 is 28.1 Å². The van der Waals surface area contributed by atoms with Gasteiger partial charge in [-0.25, -0.2) is 9.97 Å². The number of para-hydroxylation sites is 1. The van der Waals surface area contributed by atoms with Gasteiger partial charge in [-0.2, -0.15) is 4.98 Å². The highest BCUT2D eigenvalue weighted by molar-refractivity contribution is 5.85. The summed E-state index contributed by atoms with van der Waals surface area (Å²) in [7, 11) is 1.68. The Bertz CT molecular complexity index is 1270. The van der Waals surface area contributed by atoms with Crippen LogP contribution in [-0.2, 0) is 0 Å². The molecule has 4 aromatic rings. The average Bonchev–Trinajstić information content (AvgIpc) is 2.86. The van der Waals surface area contributed by atoms with Crippen LogP contribution in [0.5, 0.6) is 17.4 Å². The van der Waals surface area contributed by atoms with E-state index in [-0.39, 0.29) is 0 Å². The Morgan fingerprint density at radius 2 is 1.64 bits per heavy atom.